The Morgan fingerprint density at radius 1 is 1.07 bits per heavy atom. The van der Waals surface area contributed by atoms with E-state index in [2.05, 4.69) is 15.7 Å². The van der Waals surface area contributed by atoms with E-state index >= 15 is 0 Å². The number of carbonyl (C=O) groups excluding carboxylic acids is 1. The first kappa shape index (κ1) is 18.6. The first-order valence-electron chi connectivity index (χ1n) is 8.58. The number of benzene rings is 2. The minimum atomic E-state index is -0.946. The fourth-order valence-electron chi connectivity index (χ4n) is 2.53. The van der Waals surface area contributed by atoms with Crippen LogP contribution < -0.4 is 10.6 Å². The average molecular weight is 370 g/mol. The van der Waals surface area contributed by atoms with Crippen LogP contribution in [0.3, 0.4) is 0 Å². The summed E-state index contributed by atoms with van der Waals surface area (Å²) in [6, 6.07) is 14.3. The lowest BCUT2D eigenvalue weighted by Crippen LogP contribution is -2.29. The highest BCUT2D eigenvalue weighted by molar-refractivity contribution is 5.88. The van der Waals surface area contributed by atoms with Crippen LogP contribution in [0.4, 0.5) is 19.4 Å². The van der Waals surface area contributed by atoms with E-state index in [0.717, 1.165) is 23.5 Å². The number of nitrogens with one attached hydrogen (secondary N) is 2. The van der Waals surface area contributed by atoms with Crippen molar-refractivity contribution in [2.45, 2.75) is 26.3 Å². The fourth-order valence-corrected chi connectivity index (χ4v) is 2.53. The van der Waals surface area contributed by atoms with Crippen molar-refractivity contribution in [1.29, 1.82) is 0 Å². The van der Waals surface area contributed by atoms with Crippen molar-refractivity contribution in [3.05, 3.63) is 77.5 Å². The highest BCUT2D eigenvalue weighted by atomic mass is 19.2. The summed E-state index contributed by atoms with van der Waals surface area (Å²) in [5, 5.41) is 9.95. The van der Waals surface area contributed by atoms with E-state index in [1.807, 2.05) is 50.2 Å². The summed E-state index contributed by atoms with van der Waals surface area (Å²) in [6.07, 6.45) is 0. The minimum absolute atomic E-state index is 0.0690. The zero-order chi connectivity index (χ0) is 19.4. The zero-order valence-electron chi connectivity index (χ0n) is 15.0. The van der Waals surface area contributed by atoms with Gasteiger partial charge in [-0.1, -0.05) is 38.1 Å². The highest BCUT2D eigenvalue weighted by Gasteiger charge is 2.14. The molecular weight excluding hydrogens is 350 g/mol. The Bertz CT molecular complexity index is 938. The first-order chi connectivity index (χ1) is 12.9. The van der Waals surface area contributed by atoms with E-state index in [4.69, 9.17) is 0 Å². The van der Waals surface area contributed by atoms with Gasteiger partial charge in [-0.15, -0.1) is 0 Å². The van der Waals surface area contributed by atoms with Crippen molar-refractivity contribution in [1.82, 2.24) is 15.1 Å². The third-order valence-corrected chi connectivity index (χ3v) is 4.00. The third-order valence-electron chi connectivity index (χ3n) is 4.00. The number of aromatic nitrogens is 2. The Morgan fingerprint density at radius 2 is 1.81 bits per heavy atom. The Morgan fingerprint density at radius 3 is 2.48 bits per heavy atom. The van der Waals surface area contributed by atoms with Gasteiger partial charge in [0.1, 0.15) is 5.82 Å². The maximum atomic E-state index is 13.3. The molecule has 0 bridgehead atoms. The number of carbonyl (C=O) groups is 1. The van der Waals surface area contributed by atoms with Crippen LogP contribution in [0.5, 0.6) is 0 Å². The fraction of sp³-hybridized carbons (Fsp3) is 0.200. The topological polar surface area (TPSA) is 59.0 Å². The van der Waals surface area contributed by atoms with Gasteiger partial charge in [0, 0.05) is 12.6 Å². The average Bonchev–Trinajstić information content (AvgIpc) is 3.07. The lowest BCUT2D eigenvalue weighted by atomic mass is 10.1. The van der Waals surface area contributed by atoms with E-state index in [-0.39, 0.29) is 12.5 Å². The van der Waals surface area contributed by atoms with Gasteiger partial charge in [0.2, 0.25) is 0 Å². The highest BCUT2D eigenvalue weighted by Crippen LogP contribution is 2.22. The maximum Gasteiger partial charge on any atom is 0.320 e. The molecule has 2 aromatic carbocycles. The predicted molar refractivity (Wildman–Crippen MR) is 99.9 cm³/mol. The molecule has 5 nitrogen and oxygen atoms in total. The zero-order valence-corrected chi connectivity index (χ0v) is 15.0. The van der Waals surface area contributed by atoms with Gasteiger partial charge < -0.3 is 5.32 Å². The van der Waals surface area contributed by atoms with Gasteiger partial charge in [0.15, 0.2) is 11.6 Å². The summed E-state index contributed by atoms with van der Waals surface area (Å²) in [4.78, 5) is 12.3. The van der Waals surface area contributed by atoms with Crippen LogP contribution in [-0.2, 0) is 6.54 Å². The van der Waals surface area contributed by atoms with Crippen molar-refractivity contribution in [2.75, 3.05) is 5.32 Å². The largest absolute Gasteiger partial charge is 0.334 e. The summed E-state index contributed by atoms with van der Waals surface area (Å²) >= 11 is 0. The summed E-state index contributed by atoms with van der Waals surface area (Å²) in [6.45, 7) is 4.11. The van der Waals surface area contributed by atoms with E-state index in [9.17, 15) is 13.6 Å². The number of halogens is 2. The minimum Gasteiger partial charge on any atom is -0.334 e. The molecule has 0 aliphatic heterocycles. The second-order valence-electron chi connectivity index (χ2n) is 6.41. The smallest absolute Gasteiger partial charge is 0.320 e. The quantitative estimate of drug-likeness (QED) is 0.690. The van der Waals surface area contributed by atoms with E-state index < -0.39 is 17.7 Å². The van der Waals surface area contributed by atoms with Crippen LogP contribution in [0.25, 0.3) is 5.69 Å². The van der Waals surface area contributed by atoms with Gasteiger partial charge in [0.05, 0.1) is 11.4 Å². The standard InChI is InChI=1S/C20H20F2N4O/c1-13(2)18-11-19(26(25-18)15-6-4-3-5-7-15)24-20(27)23-12-14-8-9-16(21)17(22)10-14/h3-11,13H,12H2,1-2H3,(H2,23,24,27). The van der Waals surface area contributed by atoms with Crippen molar-refractivity contribution in [2.24, 2.45) is 0 Å². The summed E-state index contributed by atoms with van der Waals surface area (Å²) in [5.41, 5.74) is 2.12. The molecule has 27 heavy (non-hydrogen) atoms. The van der Waals surface area contributed by atoms with E-state index in [0.29, 0.717) is 11.4 Å². The molecule has 140 valence electrons. The van der Waals surface area contributed by atoms with E-state index in [1.54, 1.807) is 4.68 Å². The molecule has 0 aliphatic carbocycles. The SMILES string of the molecule is CC(C)c1cc(NC(=O)NCc2ccc(F)c(F)c2)n(-c2ccccc2)n1. The Hall–Kier alpha value is -3.22. The molecule has 0 fully saturated rings. The molecule has 0 spiro atoms. The number of anilines is 1. The third kappa shape index (κ3) is 4.49. The van der Waals surface area contributed by atoms with Crippen LogP contribution in [0, 0.1) is 11.6 Å². The van der Waals surface area contributed by atoms with Crippen molar-refractivity contribution >= 4 is 11.8 Å². The Balaban J connectivity index is 1.74. The van der Waals surface area contributed by atoms with Crippen molar-refractivity contribution in [3.63, 3.8) is 0 Å². The molecule has 7 heteroatoms. The van der Waals surface area contributed by atoms with Crippen LogP contribution in [-0.4, -0.2) is 15.8 Å². The van der Waals surface area contributed by atoms with Gasteiger partial charge in [-0.2, -0.15) is 5.10 Å². The molecule has 3 rings (SSSR count). The molecule has 0 unspecified atom stereocenters. The maximum absolute atomic E-state index is 13.3. The number of nitrogens with zero attached hydrogens (tertiary/aromatic N) is 2. The lowest BCUT2D eigenvalue weighted by Gasteiger charge is -2.10. The number of amides is 2. The number of rotatable bonds is 5. The predicted octanol–water partition coefficient (Wildman–Crippen LogP) is 4.60. The molecule has 3 aromatic rings. The van der Waals surface area contributed by atoms with Crippen LogP contribution >= 0.6 is 0 Å². The van der Waals surface area contributed by atoms with Crippen LogP contribution in [0.15, 0.2) is 54.6 Å². The molecule has 0 aliphatic rings. The Kier molecular flexibility index (Phi) is 5.49. The molecule has 1 aromatic heterocycles. The van der Waals surface area contributed by atoms with Gasteiger partial charge in [-0.05, 0) is 35.7 Å². The molecule has 0 saturated heterocycles. The summed E-state index contributed by atoms with van der Waals surface area (Å²) in [5.74, 6) is -1.15. The lowest BCUT2D eigenvalue weighted by molar-refractivity contribution is 0.251. The first-order valence-corrected chi connectivity index (χ1v) is 8.58. The van der Waals surface area contributed by atoms with Crippen LogP contribution in [0.1, 0.15) is 31.0 Å². The van der Waals surface area contributed by atoms with Crippen molar-refractivity contribution < 1.29 is 13.6 Å². The summed E-state index contributed by atoms with van der Waals surface area (Å²) < 4.78 is 27.9. The van der Waals surface area contributed by atoms with Crippen molar-refractivity contribution in [3.8, 4) is 5.69 Å². The van der Waals surface area contributed by atoms with Gasteiger partial charge in [-0.3, -0.25) is 5.32 Å². The molecular formula is C20H20F2N4O. The number of urea groups is 1. The number of hydrogen-bond acceptors (Lipinski definition) is 2. The number of hydrogen-bond donors (Lipinski definition) is 2. The van der Waals surface area contributed by atoms with Gasteiger partial charge in [-0.25, -0.2) is 18.3 Å². The second kappa shape index (κ2) is 7.99. The monoisotopic (exact) mass is 370 g/mol. The van der Waals surface area contributed by atoms with E-state index in [1.165, 1.54) is 6.07 Å². The summed E-state index contributed by atoms with van der Waals surface area (Å²) in [7, 11) is 0. The second-order valence-corrected chi connectivity index (χ2v) is 6.41. The molecule has 0 radical (unpaired) electrons. The number of para-hydroxylation sites is 1. The van der Waals surface area contributed by atoms with Gasteiger partial charge >= 0.3 is 6.03 Å². The molecule has 1 heterocycles. The molecule has 0 saturated carbocycles. The van der Waals surface area contributed by atoms with Crippen LogP contribution in [0.2, 0.25) is 0 Å². The normalized spacial score (nSPS) is 10.9. The molecule has 2 N–H and O–H groups in total. The molecule has 0 atom stereocenters. The Labute approximate surface area is 156 Å². The molecule has 2 amide bonds. The van der Waals surface area contributed by atoms with Gasteiger partial charge in [0.25, 0.3) is 0 Å².